The van der Waals surface area contributed by atoms with E-state index < -0.39 is 40.5 Å². The summed E-state index contributed by atoms with van der Waals surface area (Å²) in [5, 5.41) is 11.9. The molecule has 0 aromatic heterocycles. The number of carbonyl (C=O) groups excluding carboxylic acids is 4. The minimum absolute atomic E-state index is 0.0336. The van der Waals surface area contributed by atoms with E-state index >= 15 is 0 Å². The van der Waals surface area contributed by atoms with Gasteiger partial charge in [0.15, 0.2) is 0 Å². The lowest BCUT2D eigenvalue weighted by atomic mass is 9.75. The van der Waals surface area contributed by atoms with E-state index in [-0.39, 0.29) is 59.3 Å². The smallest absolute Gasteiger partial charge is 0.336 e. The first-order chi connectivity index (χ1) is 19.0. The van der Waals surface area contributed by atoms with Gasteiger partial charge >= 0.3 is 11.9 Å². The van der Waals surface area contributed by atoms with Gasteiger partial charge in [0.1, 0.15) is 12.5 Å². The predicted octanol–water partition coefficient (Wildman–Crippen LogP) is 4.08. The largest absolute Gasteiger partial charge is 0.465 e. The molecule has 208 valence electrons. The van der Waals surface area contributed by atoms with Crippen molar-refractivity contribution in [3.05, 3.63) is 86.6 Å². The lowest BCUT2D eigenvalue weighted by molar-refractivity contribution is -0.385. The third-order valence-electron chi connectivity index (χ3n) is 6.76. The van der Waals surface area contributed by atoms with E-state index in [2.05, 4.69) is 4.99 Å². The first-order valence-electron chi connectivity index (χ1n) is 12.8. The molecule has 0 radical (unpaired) electrons. The number of para-hydroxylation sites is 1. The summed E-state index contributed by atoms with van der Waals surface area (Å²) in [7, 11) is 0. The first-order valence-corrected chi connectivity index (χ1v) is 12.8. The van der Waals surface area contributed by atoms with Crippen molar-refractivity contribution >= 4 is 35.2 Å². The zero-order valence-corrected chi connectivity index (χ0v) is 22.6. The Morgan fingerprint density at radius 3 is 2.20 bits per heavy atom. The molecule has 0 aliphatic carbocycles. The van der Waals surface area contributed by atoms with Gasteiger partial charge in [0.25, 0.3) is 17.5 Å². The molecular formula is C29H29N3O8. The summed E-state index contributed by atoms with van der Waals surface area (Å²) in [6, 6.07) is 12.3. The van der Waals surface area contributed by atoms with Gasteiger partial charge in [-0.1, -0.05) is 44.2 Å². The third kappa shape index (κ3) is 5.40. The Labute approximate surface area is 230 Å². The Morgan fingerprint density at radius 1 is 1.00 bits per heavy atom. The van der Waals surface area contributed by atoms with Gasteiger partial charge in [-0.3, -0.25) is 34.4 Å². The second kappa shape index (κ2) is 11.6. The fraction of sp³-hybridized carbons (Fsp3) is 0.345. The van der Waals surface area contributed by atoms with Gasteiger partial charge in [0, 0.05) is 29.0 Å². The van der Waals surface area contributed by atoms with Gasteiger partial charge < -0.3 is 9.47 Å². The van der Waals surface area contributed by atoms with Crippen LogP contribution in [-0.4, -0.2) is 59.0 Å². The Balaban J connectivity index is 1.63. The van der Waals surface area contributed by atoms with Crippen LogP contribution in [-0.2, 0) is 19.1 Å². The van der Waals surface area contributed by atoms with Crippen LogP contribution in [0.15, 0.2) is 64.8 Å². The van der Waals surface area contributed by atoms with Crippen LogP contribution in [0.4, 0.5) is 5.69 Å². The van der Waals surface area contributed by atoms with Gasteiger partial charge in [-0.2, -0.15) is 0 Å². The second-order valence-corrected chi connectivity index (χ2v) is 9.99. The fourth-order valence-electron chi connectivity index (χ4n) is 4.95. The van der Waals surface area contributed by atoms with E-state index in [4.69, 9.17) is 9.47 Å². The van der Waals surface area contributed by atoms with Crippen LogP contribution in [0.3, 0.4) is 0 Å². The summed E-state index contributed by atoms with van der Waals surface area (Å²) in [5.74, 6) is -4.69. The van der Waals surface area contributed by atoms with E-state index in [1.54, 1.807) is 44.2 Å². The minimum Gasteiger partial charge on any atom is -0.465 e. The molecule has 40 heavy (non-hydrogen) atoms. The van der Waals surface area contributed by atoms with Crippen LogP contribution in [0.25, 0.3) is 0 Å². The zero-order valence-electron chi connectivity index (χ0n) is 22.6. The van der Waals surface area contributed by atoms with E-state index in [0.29, 0.717) is 5.71 Å². The standard InChI is InChI=1S/C29H29N3O8/c1-16(2)15-40-29(36)24-18(4)30-17(3)23(25(24)21-11-7-8-12-22(21)32(37)38)28(35)39-14-13-31-26(33)19-9-5-6-10-20(19)27(31)34/h5-12,16,24-25H,13-15H2,1-4H3. The minimum atomic E-state index is -1.11. The number of benzene rings is 2. The number of rotatable bonds is 9. The molecule has 11 nitrogen and oxygen atoms in total. The van der Waals surface area contributed by atoms with Crippen LogP contribution in [0.1, 0.15) is 59.9 Å². The number of nitro benzene ring substituents is 1. The van der Waals surface area contributed by atoms with Crippen molar-refractivity contribution in [2.45, 2.75) is 33.6 Å². The number of nitro groups is 1. The fourth-order valence-corrected chi connectivity index (χ4v) is 4.95. The van der Waals surface area contributed by atoms with Crippen molar-refractivity contribution < 1.29 is 33.6 Å². The van der Waals surface area contributed by atoms with Crippen molar-refractivity contribution in [2.24, 2.45) is 16.8 Å². The van der Waals surface area contributed by atoms with Crippen LogP contribution in [0, 0.1) is 22.0 Å². The second-order valence-electron chi connectivity index (χ2n) is 9.99. The monoisotopic (exact) mass is 547 g/mol. The maximum absolute atomic E-state index is 13.5. The van der Waals surface area contributed by atoms with Crippen molar-refractivity contribution in [3.63, 3.8) is 0 Å². The predicted molar refractivity (Wildman–Crippen MR) is 144 cm³/mol. The molecule has 2 aromatic rings. The average Bonchev–Trinajstić information content (AvgIpc) is 3.16. The summed E-state index contributed by atoms with van der Waals surface area (Å²) in [6.07, 6.45) is 0. The summed E-state index contributed by atoms with van der Waals surface area (Å²) in [5.41, 5.74) is 0.959. The molecule has 2 amide bonds. The number of amides is 2. The van der Waals surface area contributed by atoms with Crippen LogP contribution in [0.5, 0.6) is 0 Å². The van der Waals surface area contributed by atoms with E-state index in [1.165, 1.54) is 18.2 Å². The number of nitrogens with zero attached hydrogens (tertiary/aromatic N) is 3. The Bertz CT molecular complexity index is 1420. The molecule has 2 aliphatic rings. The number of carbonyl (C=O) groups is 4. The Hall–Kier alpha value is -4.67. The lowest BCUT2D eigenvalue weighted by Crippen LogP contribution is -2.38. The molecule has 4 rings (SSSR count). The number of hydrogen-bond donors (Lipinski definition) is 0. The number of imide groups is 1. The van der Waals surface area contributed by atoms with Crippen molar-refractivity contribution in [1.29, 1.82) is 0 Å². The Morgan fingerprint density at radius 2 is 1.60 bits per heavy atom. The molecule has 0 spiro atoms. The van der Waals surface area contributed by atoms with Crippen LogP contribution in [0.2, 0.25) is 0 Å². The Kier molecular flexibility index (Phi) is 8.22. The highest BCUT2D eigenvalue weighted by molar-refractivity contribution is 6.21. The molecule has 2 aliphatic heterocycles. The maximum atomic E-state index is 13.5. The number of ether oxygens (including phenoxy) is 2. The zero-order chi connectivity index (χ0) is 29.1. The van der Waals surface area contributed by atoms with Gasteiger partial charge in [-0.15, -0.1) is 0 Å². The lowest BCUT2D eigenvalue weighted by Gasteiger charge is -2.31. The van der Waals surface area contributed by atoms with E-state index in [9.17, 15) is 29.3 Å². The van der Waals surface area contributed by atoms with Gasteiger partial charge in [-0.05, 0) is 31.9 Å². The summed E-state index contributed by atoms with van der Waals surface area (Å²) >= 11 is 0. The molecule has 0 bridgehead atoms. The summed E-state index contributed by atoms with van der Waals surface area (Å²) in [6.45, 7) is 6.51. The quantitative estimate of drug-likeness (QED) is 0.198. The highest BCUT2D eigenvalue weighted by Gasteiger charge is 2.45. The van der Waals surface area contributed by atoms with Crippen LogP contribution < -0.4 is 0 Å². The molecule has 0 saturated heterocycles. The normalized spacial score (nSPS) is 18.5. The average molecular weight is 548 g/mol. The first kappa shape index (κ1) is 28.3. The molecule has 0 saturated carbocycles. The van der Waals surface area contributed by atoms with Crippen molar-refractivity contribution in [1.82, 2.24) is 4.90 Å². The summed E-state index contributed by atoms with van der Waals surface area (Å²) < 4.78 is 11.0. The number of allylic oxidation sites excluding steroid dienone is 1. The molecule has 0 N–H and O–H groups in total. The highest BCUT2D eigenvalue weighted by Crippen LogP contribution is 2.43. The van der Waals surface area contributed by atoms with Gasteiger partial charge in [-0.25, -0.2) is 4.79 Å². The number of esters is 2. The molecule has 11 heteroatoms. The van der Waals surface area contributed by atoms with Crippen molar-refractivity contribution in [2.75, 3.05) is 19.8 Å². The molecule has 2 atom stereocenters. The molecule has 2 aromatic carbocycles. The molecular weight excluding hydrogens is 518 g/mol. The van der Waals surface area contributed by atoms with Crippen molar-refractivity contribution in [3.8, 4) is 0 Å². The maximum Gasteiger partial charge on any atom is 0.336 e. The van der Waals surface area contributed by atoms with E-state index in [1.807, 2.05) is 13.8 Å². The third-order valence-corrected chi connectivity index (χ3v) is 6.76. The molecule has 2 unspecified atom stereocenters. The number of fused-ring (bicyclic) bond motifs is 1. The highest BCUT2D eigenvalue weighted by atomic mass is 16.6. The molecule has 0 fully saturated rings. The number of aliphatic imine (C=N–C) groups is 1. The van der Waals surface area contributed by atoms with E-state index in [0.717, 1.165) is 4.90 Å². The number of hydrogen-bond acceptors (Lipinski definition) is 9. The molecule has 2 heterocycles. The van der Waals surface area contributed by atoms with Gasteiger partial charge in [0.05, 0.1) is 34.8 Å². The van der Waals surface area contributed by atoms with Crippen LogP contribution >= 0.6 is 0 Å². The summed E-state index contributed by atoms with van der Waals surface area (Å²) in [4.78, 5) is 68.9. The SMILES string of the molecule is CC1=NC(C)=C(C(=O)OCCN2C(=O)c3ccccc3C2=O)C(c2ccccc2[N+](=O)[O-])C1C(=O)OCC(C)C. The van der Waals surface area contributed by atoms with Gasteiger partial charge in [0.2, 0.25) is 0 Å². The topological polar surface area (TPSA) is 145 Å².